The Morgan fingerprint density at radius 2 is 2.03 bits per heavy atom. The van der Waals surface area contributed by atoms with Crippen molar-refractivity contribution in [2.24, 2.45) is 7.05 Å². The third-order valence-corrected chi connectivity index (χ3v) is 5.57. The molecule has 0 unspecified atom stereocenters. The molecule has 3 rings (SSSR count). The van der Waals surface area contributed by atoms with Crippen molar-refractivity contribution in [2.45, 2.75) is 33.6 Å². The Bertz CT molecular complexity index is 1090. The molecule has 0 saturated carbocycles. The number of anilines is 2. The van der Waals surface area contributed by atoms with Crippen molar-refractivity contribution in [3.63, 3.8) is 0 Å². The fourth-order valence-electron chi connectivity index (χ4n) is 3.77. The van der Waals surface area contributed by atoms with E-state index in [2.05, 4.69) is 39.1 Å². The number of carbonyl (C=O) groups excluding carboxylic acids is 1. The zero-order chi connectivity index (χ0) is 23.3. The monoisotopic (exact) mass is 436 g/mol. The highest BCUT2D eigenvalue weighted by Gasteiger charge is 2.21. The van der Waals surface area contributed by atoms with Crippen molar-refractivity contribution in [3.05, 3.63) is 71.1 Å². The number of benzene rings is 1. The van der Waals surface area contributed by atoms with Gasteiger partial charge >= 0.3 is 0 Å². The first kappa shape index (κ1) is 23.1. The van der Waals surface area contributed by atoms with Crippen molar-refractivity contribution >= 4 is 23.1 Å². The number of nitrogens with zero attached hydrogens (tertiary/aromatic N) is 5. The summed E-state index contributed by atoms with van der Waals surface area (Å²) >= 11 is 0. The summed E-state index contributed by atoms with van der Waals surface area (Å²) < 4.78 is 14.1. The first-order valence-electron chi connectivity index (χ1n) is 10.6. The Hall–Kier alpha value is -3.55. The number of rotatable bonds is 7. The molecule has 1 aliphatic heterocycles. The lowest BCUT2D eigenvalue weighted by molar-refractivity contribution is -0.112. The van der Waals surface area contributed by atoms with E-state index in [4.69, 9.17) is 0 Å². The smallest absolute Gasteiger partial charge is 0.266 e. The van der Waals surface area contributed by atoms with E-state index in [9.17, 15) is 9.18 Å². The van der Waals surface area contributed by atoms with Crippen LogP contribution in [0.5, 0.6) is 0 Å². The van der Waals surface area contributed by atoms with Crippen molar-refractivity contribution < 1.29 is 9.18 Å². The minimum absolute atomic E-state index is 0.312. The van der Waals surface area contributed by atoms with Crippen molar-refractivity contribution in [2.75, 3.05) is 23.3 Å². The number of allylic oxidation sites excluding steroid dienone is 3. The van der Waals surface area contributed by atoms with Gasteiger partial charge in [0.15, 0.2) is 0 Å². The van der Waals surface area contributed by atoms with Gasteiger partial charge in [0.05, 0.1) is 7.05 Å². The summed E-state index contributed by atoms with van der Waals surface area (Å²) in [5, 5.41) is 15.2. The molecular formula is C24H29FN6O. The number of aryl methyl sites for hydroxylation is 1. The van der Waals surface area contributed by atoms with Crippen LogP contribution in [0.1, 0.15) is 39.2 Å². The van der Waals surface area contributed by atoms with Gasteiger partial charge in [-0.25, -0.2) is 4.39 Å². The number of tetrazole rings is 1. The SMILES string of the molecule is C=C/C(F)=C(CC)\C(=C/C)C(=O)Nc1ccc(C2=C(C)CCN(c3nnn(C)n3)C2)cc1. The standard InChI is InChI=1S/C24H29FN6O/c1-6-19(22(25)8-3)20(7-2)23(32)26-18-11-9-17(10-12-18)21-15-31(14-13-16(21)4)24-27-29-30(5)28-24/h7-12H,3,6,13-15H2,1-2,4-5H3,(H,26,32)/b20-7+,22-19+. The lowest BCUT2D eigenvalue weighted by atomic mass is 9.95. The van der Waals surface area contributed by atoms with E-state index in [-0.39, 0.29) is 5.91 Å². The summed E-state index contributed by atoms with van der Waals surface area (Å²) in [7, 11) is 1.75. The average Bonchev–Trinajstić information content (AvgIpc) is 3.24. The lowest BCUT2D eigenvalue weighted by Gasteiger charge is -2.29. The molecule has 32 heavy (non-hydrogen) atoms. The highest BCUT2D eigenvalue weighted by Crippen LogP contribution is 2.29. The van der Waals surface area contributed by atoms with Crippen LogP contribution in [0.4, 0.5) is 16.0 Å². The molecule has 1 amide bonds. The van der Waals surface area contributed by atoms with E-state index < -0.39 is 5.83 Å². The van der Waals surface area contributed by atoms with Crippen LogP contribution in [-0.2, 0) is 11.8 Å². The molecule has 1 aromatic carbocycles. The maximum Gasteiger partial charge on any atom is 0.266 e. The second-order valence-electron chi connectivity index (χ2n) is 7.63. The van der Waals surface area contributed by atoms with Crippen LogP contribution in [0, 0.1) is 0 Å². The maximum atomic E-state index is 14.1. The Morgan fingerprint density at radius 1 is 1.31 bits per heavy atom. The summed E-state index contributed by atoms with van der Waals surface area (Å²) in [6.07, 6.45) is 4.06. The van der Waals surface area contributed by atoms with E-state index in [1.165, 1.54) is 15.9 Å². The minimum atomic E-state index is -0.479. The molecule has 0 atom stereocenters. The fraction of sp³-hybridized carbons (Fsp3) is 0.333. The predicted octanol–water partition coefficient (Wildman–Crippen LogP) is 4.60. The van der Waals surface area contributed by atoms with Crippen LogP contribution in [0.2, 0.25) is 0 Å². The fourth-order valence-corrected chi connectivity index (χ4v) is 3.77. The third-order valence-electron chi connectivity index (χ3n) is 5.57. The van der Waals surface area contributed by atoms with Crippen LogP contribution in [-0.4, -0.2) is 39.2 Å². The largest absolute Gasteiger partial charge is 0.334 e. The summed E-state index contributed by atoms with van der Waals surface area (Å²) in [5.41, 5.74) is 4.90. The number of halogens is 1. The number of amides is 1. The third kappa shape index (κ3) is 5.01. The zero-order valence-electron chi connectivity index (χ0n) is 19.0. The van der Waals surface area contributed by atoms with Gasteiger partial charge in [0.1, 0.15) is 5.83 Å². The Labute approximate surface area is 188 Å². The lowest BCUT2D eigenvalue weighted by Crippen LogP contribution is -2.31. The number of hydrogen-bond acceptors (Lipinski definition) is 5. The summed E-state index contributed by atoms with van der Waals surface area (Å²) in [5.74, 6) is -0.207. The zero-order valence-corrected chi connectivity index (χ0v) is 19.0. The highest BCUT2D eigenvalue weighted by atomic mass is 19.1. The average molecular weight is 437 g/mol. The molecular weight excluding hydrogens is 407 g/mol. The van der Waals surface area contributed by atoms with Crippen LogP contribution in [0.15, 0.2) is 65.5 Å². The van der Waals surface area contributed by atoms with Gasteiger partial charge in [0.2, 0.25) is 0 Å². The van der Waals surface area contributed by atoms with Gasteiger partial charge in [-0.05, 0) is 66.8 Å². The van der Waals surface area contributed by atoms with E-state index in [0.29, 0.717) is 35.7 Å². The molecule has 1 aliphatic rings. The molecule has 0 spiro atoms. The first-order valence-corrected chi connectivity index (χ1v) is 10.6. The molecule has 0 bridgehead atoms. The summed E-state index contributed by atoms with van der Waals surface area (Å²) in [4.78, 5) is 16.3. The molecule has 7 nitrogen and oxygen atoms in total. The first-order chi connectivity index (χ1) is 15.4. The van der Waals surface area contributed by atoms with Gasteiger partial charge in [-0.2, -0.15) is 4.80 Å². The Morgan fingerprint density at radius 3 is 2.59 bits per heavy atom. The van der Waals surface area contributed by atoms with Gasteiger partial charge < -0.3 is 10.2 Å². The molecule has 0 saturated heterocycles. The van der Waals surface area contributed by atoms with Gasteiger partial charge in [0, 0.05) is 24.4 Å². The second kappa shape index (κ2) is 10.2. The Kier molecular flexibility index (Phi) is 7.35. The molecule has 0 fully saturated rings. The maximum absolute atomic E-state index is 14.1. The van der Waals surface area contributed by atoms with Crippen LogP contribution in [0.25, 0.3) is 5.57 Å². The normalized spacial score (nSPS) is 15.5. The van der Waals surface area contributed by atoms with Gasteiger partial charge in [0.25, 0.3) is 11.9 Å². The van der Waals surface area contributed by atoms with Crippen LogP contribution < -0.4 is 10.2 Å². The van der Waals surface area contributed by atoms with Crippen molar-refractivity contribution in [1.82, 2.24) is 20.2 Å². The van der Waals surface area contributed by atoms with Crippen molar-refractivity contribution in [1.29, 1.82) is 0 Å². The number of carbonyl (C=O) groups is 1. The van der Waals surface area contributed by atoms with Crippen LogP contribution in [0.3, 0.4) is 0 Å². The molecule has 1 N–H and O–H groups in total. The molecule has 0 radical (unpaired) electrons. The van der Waals surface area contributed by atoms with Crippen molar-refractivity contribution in [3.8, 4) is 0 Å². The van der Waals surface area contributed by atoms with E-state index in [0.717, 1.165) is 24.6 Å². The molecule has 168 valence electrons. The van der Waals surface area contributed by atoms with E-state index >= 15 is 0 Å². The quantitative estimate of drug-likeness (QED) is 0.507. The number of nitrogens with one attached hydrogen (secondary N) is 1. The number of hydrogen-bond donors (Lipinski definition) is 1. The Balaban J connectivity index is 1.76. The molecule has 1 aromatic heterocycles. The molecule has 2 aromatic rings. The summed E-state index contributed by atoms with van der Waals surface area (Å²) in [6.45, 7) is 10.7. The van der Waals surface area contributed by atoms with E-state index in [1.807, 2.05) is 31.2 Å². The van der Waals surface area contributed by atoms with Gasteiger partial charge in [-0.15, -0.1) is 5.10 Å². The molecule has 0 aliphatic carbocycles. The number of aromatic nitrogens is 4. The highest BCUT2D eigenvalue weighted by molar-refractivity contribution is 6.07. The summed E-state index contributed by atoms with van der Waals surface area (Å²) in [6, 6.07) is 7.69. The minimum Gasteiger partial charge on any atom is -0.334 e. The van der Waals surface area contributed by atoms with Gasteiger partial charge in [-0.3, -0.25) is 4.79 Å². The predicted molar refractivity (Wildman–Crippen MR) is 126 cm³/mol. The topological polar surface area (TPSA) is 75.9 Å². The second-order valence-corrected chi connectivity index (χ2v) is 7.63. The van der Waals surface area contributed by atoms with Crippen LogP contribution >= 0.6 is 0 Å². The molecule has 2 heterocycles. The van der Waals surface area contributed by atoms with Gasteiger partial charge in [-0.1, -0.05) is 42.4 Å². The van der Waals surface area contributed by atoms with E-state index in [1.54, 1.807) is 20.0 Å². The molecule has 8 heteroatoms.